The van der Waals surface area contributed by atoms with Gasteiger partial charge in [-0.3, -0.25) is 4.79 Å². The van der Waals surface area contributed by atoms with Crippen LogP contribution in [0.1, 0.15) is 17.5 Å². The lowest BCUT2D eigenvalue weighted by atomic mass is 9.91. The van der Waals surface area contributed by atoms with Crippen molar-refractivity contribution in [2.75, 3.05) is 25.1 Å². The zero-order valence-electron chi connectivity index (χ0n) is 18.0. The minimum Gasteiger partial charge on any atom is -0.494 e. The largest absolute Gasteiger partial charge is 0.494 e. The van der Waals surface area contributed by atoms with Crippen molar-refractivity contribution in [3.63, 3.8) is 0 Å². The van der Waals surface area contributed by atoms with E-state index in [2.05, 4.69) is 21.2 Å². The Labute approximate surface area is 201 Å². The molecule has 0 saturated carbocycles. The van der Waals surface area contributed by atoms with E-state index < -0.39 is 5.54 Å². The Morgan fingerprint density at radius 1 is 1.06 bits per heavy atom. The molecular weight excluding hydrogens is 484 g/mol. The number of hydrogen-bond donors (Lipinski definition) is 2. The van der Waals surface area contributed by atoms with Gasteiger partial charge in [0.15, 0.2) is 5.54 Å². The van der Waals surface area contributed by atoms with Gasteiger partial charge in [-0.25, -0.2) is 4.99 Å². The molecule has 1 aliphatic rings. The average molecular weight is 509 g/mol. The number of rotatable bonds is 9. The molecule has 4 rings (SSSR count). The highest BCUT2D eigenvalue weighted by Crippen LogP contribution is 2.31. The van der Waals surface area contributed by atoms with Crippen molar-refractivity contribution >= 4 is 33.4 Å². The van der Waals surface area contributed by atoms with E-state index in [4.69, 9.17) is 19.6 Å². The summed E-state index contributed by atoms with van der Waals surface area (Å²) in [6.45, 7) is 0.673. The minimum absolute atomic E-state index is 0.0907. The zero-order valence-corrected chi connectivity index (χ0v) is 19.6. The van der Waals surface area contributed by atoms with Crippen molar-refractivity contribution in [3.8, 4) is 5.75 Å². The molecule has 0 spiro atoms. The third kappa shape index (κ3) is 5.61. The molecule has 3 aromatic rings. The van der Waals surface area contributed by atoms with Crippen LogP contribution in [0.5, 0.6) is 5.75 Å². The molecular formula is C26H25BrN2O4. The Hall–Kier alpha value is -3.16. The van der Waals surface area contributed by atoms with E-state index in [9.17, 15) is 4.79 Å². The van der Waals surface area contributed by atoms with Gasteiger partial charge in [-0.2, -0.15) is 0 Å². The smallest absolute Gasteiger partial charge is 0.256 e. The SMILES string of the molecule is O=C(Nc1ccccc1)[C@@]1(Cc2ccccc2Br)COC(c2ccc(OCCCO)cc2)=N1. The molecule has 0 bridgehead atoms. The molecule has 0 aromatic heterocycles. The van der Waals surface area contributed by atoms with Gasteiger partial charge in [-0.05, 0) is 48.0 Å². The predicted octanol–water partition coefficient (Wildman–Crippen LogP) is 4.61. The van der Waals surface area contributed by atoms with Crippen LogP contribution < -0.4 is 10.1 Å². The van der Waals surface area contributed by atoms with Crippen molar-refractivity contribution < 1.29 is 19.4 Å². The summed E-state index contributed by atoms with van der Waals surface area (Å²) in [5.74, 6) is 0.905. The first-order valence-electron chi connectivity index (χ1n) is 10.8. The lowest BCUT2D eigenvalue weighted by Gasteiger charge is -2.23. The second-order valence-electron chi connectivity index (χ2n) is 7.78. The molecule has 0 radical (unpaired) electrons. The Bertz CT molecular complexity index is 1120. The van der Waals surface area contributed by atoms with Gasteiger partial charge in [0, 0.05) is 35.2 Å². The maximum atomic E-state index is 13.5. The first-order valence-corrected chi connectivity index (χ1v) is 11.6. The lowest BCUT2D eigenvalue weighted by molar-refractivity contribution is -0.121. The fraction of sp³-hybridized carbons (Fsp3) is 0.231. The molecule has 170 valence electrons. The number of carbonyl (C=O) groups excluding carboxylic acids is 1. The molecule has 0 aliphatic carbocycles. The van der Waals surface area contributed by atoms with Crippen molar-refractivity contribution in [2.45, 2.75) is 18.4 Å². The molecule has 3 aromatic carbocycles. The Morgan fingerprint density at radius 2 is 1.79 bits per heavy atom. The molecule has 0 fully saturated rings. The summed E-state index contributed by atoms with van der Waals surface area (Å²) in [7, 11) is 0. The topological polar surface area (TPSA) is 80.2 Å². The van der Waals surface area contributed by atoms with E-state index in [0.29, 0.717) is 36.8 Å². The molecule has 1 atom stereocenters. The molecule has 0 unspecified atom stereocenters. The average Bonchev–Trinajstić information content (AvgIpc) is 3.27. The summed E-state index contributed by atoms with van der Waals surface area (Å²) in [5, 5.41) is 11.9. The summed E-state index contributed by atoms with van der Waals surface area (Å²) in [5.41, 5.74) is 1.35. The van der Waals surface area contributed by atoms with Crippen molar-refractivity contribution in [3.05, 3.63) is 94.5 Å². The first-order chi connectivity index (χ1) is 16.1. The van der Waals surface area contributed by atoms with Gasteiger partial charge in [0.25, 0.3) is 5.91 Å². The summed E-state index contributed by atoms with van der Waals surface area (Å²) < 4.78 is 12.5. The third-order valence-electron chi connectivity index (χ3n) is 5.33. The predicted molar refractivity (Wildman–Crippen MR) is 132 cm³/mol. The number of para-hydroxylation sites is 1. The Kier molecular flexibility index (Phi) is 7.42. The van der Waals surface area contributed by atoms with E-state index in [0.717, 1.165) is 15.6 Å². The van der Waals surface area contributed by atoms with Crippen LogP contribution in [0.2, 0.25) is 0 Å². The highest BCUT2D eigenvalue weighted by Gasteiger charge is 2.45. The van der Waals surface area contributed by atoms with Crippen molar-refractivity contribution in [1.82, 2.24) is 0 Å². The molecule has 1 heterocycles. The van der Waals surface area contributed by atoms with Crippen LogP contribution in [-0.2, 0) is 16.0 Å². The second kappa shape index (κ2) is 10.6. The van der Waals surface area contributed by atoms with Crippen LogP contribution in [0.25, 0.3) is 0 Å². The number of aliphatic imine (C=N–C) groups is 1. The number of nitrogens with zero attached hydrogens (tertiary/aromatic N) is 1. The maximum absolute atomic E-state index is 13.5. The quantitative estimate of drug-likeness (QED) is 0.413. The number of anilines is 1. The zero-order chi connectivity index (χ0) is 23.1. The lowest BCUT2D eigenvalue weighted by Crippen LogP contribution is -2.44. The molecule has 0 saturated heterocycles. The number of aliphatic hydroxyl groups is 1. The molecule has 1 amide bonds. The van der Waals surface area contributed by atoms with Crippen LogP contribution in [0, 0.1) is 0 Å². The van der Waals surface area contributed by atoms with E-state index in [-0.39, 0.29) is 19.1 Å². The number of aliphatic hydroxyl groups excluding tert-OH is 1. The van der Waals surface area contributed by atoms with Crippen molar-refractivity contribution in [1.29, 1.82) is 0 Å². The van der Waals surface area contributed by atoms with Gasteiger partial charge in [0.05, 0.1) is 6.61 Å². The summed E-state index contributed by atoms with van der Waals surface area (Å²) in [6, 6.07) is 24.5. The van der Waals surface area contributed by atoms with E-state index in [1.165, 1.54) is 0 Å². The number of benzene rings is 3. The number of amides is 1. The molecule has 33 heavy (non-hydrogen) atoms. The normalized spacial score (nSPS) is 17.2. The van der Waals surface area contributed by atoms with Gasteiger partial charge < -0.3 is 19.9 Å². The van der Waals surface area contributed by atoms with Crippen LogP contribution >= 0.6 is 15.9 Å². The van der Waals surface area contributed by atoms with Gasteiger partial charge in [0.2, 0.25) is 5.90 Å². The number of nitrogens with one attached hydrogen (secondary N) is 1. The van der Waals surface area contributed by atoms with E-state index in [1.807, 2.05) is 78.9 Å². The minimum atomic E-state index is -1.11. The van der Waals surface area contributed by atoms with Gasteiger partial charge in [0.1, 0.15) is 12.4 Å². The Morgan fingerprint density at radius 3 is 2.52 bits per heavy atom. The fourth-order valence-corrected chi connectivity index (χ4v) is 3.98. The fourth-order valence-electron chi connectivity index (χ4n) is 3.56. The molecule has 7 heteroatoms. The van der Waals surface area contributed by atoms with Gasteiger partial charge in [-0.1, -0.05) is 52.3 Å². The highest BCUT2D eigenvalue weighted by molar-refractivity contribution is 9.10. The number of halogens is 1. The van der Waals surface area contributed by atoms with Crippen LogP contribution in [-0.4, -0.2) is 42.3 Å². The standard InChI is InChI=1S/C26H25BrN2O4/c27-23-10-5-4-7-20(23)17-26(25(31)28-21-8-2-1-3-9-21)18-33-24(29-26)19-11-13-22(14-12-19)32-16-6-15-30/h1-5,7-14,30H,6,15-18H2,(H,28,31)/t26-/m1/s1. The maximum Gasteiger partial charge on any atom is 0.256 e. The summed E-state index contributed by atoms with van der Waals surface area (Å²) in [4.78, 5) is 18.3. The van der Waals surface area contributed by atoms with Gasteiger partial charge >= 0.3 is 0 Å². The third-order valence-corrected chi connectivity index (χ3v) is 6.10. The Balaban J connectivity index is 1.61. The van der Waals surface area contributed by atoms with Gasteiger partial charge in [-0.15, -0.1) is 0 Å². The second-order valence-corrected chi connectivity index (χ2v) is 8.63. The van der Waals surface area contributed by atoms with E-state index in [1.54, 1.807) is 0 Å². The number of ether oxygens (including phenoxy) is 2. The first kappa shape index (κ1) is 23.0. The summed E-state index contributed by atoms with van der Waals surface area (Å²) >= 11 is 3.59. The monoisotopic (exact) mass is 508 g/mol. The van der Waals surface area contributed by atoms with Crippen molar-refractivity contribution in [2.24, 2.45) is 4.99 Å². The van der Waals surface area contributed by atoms with Crippen LogP contribution in [0.15, 0.2) is 88.3 Å². The number of carbonyl (C=O) groups is 1. The number of hydrogen-bond acceptors (Lipinski definition) is 5. The molecule has 2 N–H and O–H groups in total. The molecule has 1 aliphatic heterocycles. The summed E-state index contributed by atoms with van der Waals surface area (Å²) in [6.07, 6.45) is 0.963. The van der Waals surface area contributed by atoms with E-state index >= 15 is 0 Å². The van der Waals surface area contributed by atoms with Crippen LogP contribution in [0.4, 0.5) is 5.69 Å². The highest BCUT2D eigenvalue weighted by atomic mass is 79.9. The molecule has 6 nitrogen and oxygen atoms in total. The van der Waals surface area contributed by atoms with Crippen LogP contribution in [0.3, 0.4) is 0 Å².